The predicted octanol–water partition coefficient (Wildman–Crippen LogP) is 1.22. The molecule has 3 heterocycles. The molecule has 0 radical (unpaired) electrons. The molecule has 0 amide bonds. The maximum Gasteiger partial charge on any atom is 0.137 e. The largest absolute Gasteiger partial charge is 0.369 e. The first-order chi connectivity index (χ1) is 7.43. The number of hydrogen-bond acceptors (Lipinski definition) is 3. The third-order valence-corrected chi connectivity index (χ3v) is 2.69. The number of hydrogen-bond donors (Lipinski definition) is 2. The molecule has 4 heteroatoms. The summed E-state index contributed by atoms with van der Waals surface area (Å²) in [5.74, 6) is 0. The zero-order chi connectivity index (χ0) is 10.1. The molecule has 0 spiro atoms. The molecular formula is C11H13N3O. The van der Waals surface area contributed by atoms with Gasteiger partial charge in [-0.2, -0.15) is 0 Å². The number of aromatic amines is 1. The standard InChI is InChI=1S/C11H13N3O/c1-2-8-6-9(14-11(8)13-3-1)10-7-12-4-5-15-10/h1-3,6,10,12H,4-5,7H2,(H,13,14). The Hall–Kier alpha value is -1.39. The maximum atomic E-state index is 5.67. The highest BCUT2D eigenvalue weighted by Crippen LogP contribution is 2.21. The lowest BCUT2D eigenvalue weighted by atomic mass is 10.2. The summed E-state index contributed by atoms with van der Waals surface area (Å²) in [5.41, 5.74) is 2.04. The first-order valence-electron chi connectivity index (χ1n) is 5.19. The van der Waals surface area contributed by atoms with Gasteiger partial charge in [0, 0.05) is 30.4 Å². The second-order valence-electron chi connectivity index (χ2n) is 3.73. The van der Waals surface area contributed by atoms with Gasteiger partial charge in [0.25, 0.3) is 0 Å². The Morgan fingerprint density at radius 2 is 2.47 bits per heavy atom. The smallest absolute Gasteiger partial charge is 0.137 e. The van der Waals surface area contributed by atoms with Crippen molar-refractivity contribution in [1.82, 2.24) is 15.3 Å². The van der Waals surface area contributed by atoms with Crippen LogP contribution in [-0.2, 0) is 4.74 Å². The van der Waals surface area contributed by atoms with E-state index in [1.165, 1.54) is 0 Å². The van der Waals surface area contributed by atoms with Gasteiger partial charge in [-0.05, 0) is 18.2 Å². The summed E-state index contributed by atoms with van der Waals surface area (Å²) in [6.45, 7) is 2.58. The maximum absolute atomic E-state index is 5.67. The van der Waals surface area contributed by atoms with E-state index in [9.17, 15) is 0 Å². The van der Waals surface area contributed by atoms with E-state index in [0.29, 0.717) is 0 Å². The molecular weight excluding hydrogens is 190 g/mol. The number of nitrogens with zero attached hydrogens (tertiary/aromatic N) is 1. The summed E-state index contributed by atoms with van der Waals surface area (Å²) >= 11 is 0. The van der Waals surface area contributed by atoms with Crippen LogP contribution in [0.15, 0.2) is 24.4 Å². The van der Waals surface area contributed by atoms with Crippen molar-refractivity contribution in [3.05, 3.63) is 30.1 Å². The number of rotatable bonds is 1. The fourth-order valence-electron chi connectivity index (χ4n) is 1.92. The topological polar surface area (TPSA) is 49.9 Å². The SMILES string of the molecule is c1cnc2[nH]c(C3CNCCO3)cc2c1. The number of aromatic nitrogens is 2. The van der Waals surface area contributed by atoms with Gasteiger partial charge in [0.1, 0.15) is 11.8 Å². The van der Waals surface area contributed by atoms with Crippen LogP contribution in [0.1, 0.15) is 11.8 Å². The lowest BCUT2D eigenvalue weighted by Crippen LogP contribution is -2.33. The van der Waals surface area contributed by atoms with E-state index in [1.54, 1.807) is 6.20 Å². The average Bonchev–Trinajstić information content (AvgIpc) is 2.74. The van der Waals surface area contributed by atoms with E-state index < -0.39 is 0 Å². The molecule has 1 unspecified atom stereocenters. The molecule has 0 aliphatic carbocycles. The minimum Gasteiger partial charge on any atom is -0.369 e. The molecule has 1 aliphatic heterocycles. The Bertz CT molecular complexity index is 427. The van der Waals surface area contributed by atoms with E-state index in [2.05, 4.69) is 27.4 Å². The fourth-order valence-corrected chi connectivity index (χ4v) is 1.92. The van der Waals surface area contributed by atoms with Crippen LogP contribution >= 0.6 is 0 Å². The van der Waals surface area contributed by atoms with Crippen molar-refractivity contribution < 1.29 is 4.74 Å². The fraction of sp³-hybridized carbons (Fsp3) is 0.364. The molecule has 1 aliphatic rings. The van der Waals surface area contributed by atoms with Gasteiger partial charge < -0.3 is 15.0 Å². The van der Waals surface area contributed by atoms with E-state index in [-0.39, 0.29) is 6.10 Å². The summed E-state index contributed by atoms with van der Waals surface area (Å²) in [4.78, 5) is 7.55. The number of ether oxygens (including phenoxy) is 1. The molecule has 3 rings (SSSR count). The van der Waals surface area contributed by atoms with Crippen LogP contribution in [0.3, 0.4) is 0 Å². The second kappa shape index (κ2) is 3.64. The van der Waals surface area contributed by atoms with Gasteiger partial charge in [-0.25, -0.2) is 4.98 Å². The van der Waals surface area contributed by atoms with Crippen LogP contribution in [0.5, 0.6) is 0 Å². The van der Waals surface area contributed by atoms with Gasteiger partial charge in [0.05, 0.1) is 6.61 Å². The highest BCUT2D eigenvalue weighted by molar-refractivity contribution is 5.76. The Kier molecular flexibility index (Phi) is 2.16. The molecule has 2 aromatic rings. The summed E-state index contributed by atoms with van der Waals surface area (Å²) in [7, 11) is 0. The molecule has 78 valence electrons. The first kappa shape index (κ1) is 8.88. The van der Waals surface area contributed by atoms with Crippen molar-refractivity contribution in [1.29, 1.82) is 0 Å². The molecule has 0 aromatic carbocycles. The average molecular weight is 203 g/mol. The van der Waals surface area contributed by atoms with E-state index in [1.807, 2.05) is 6.07 Å². The summed E-state index contributed by atoms with van der Waals surface area (Å²) < 4.78 is 5.67. The summed E-state index contributed by atoms with van der Waals surface area (Å²) in [6, 6.07) is 6.11. The van der Waals surface area contributed by atoms with E-state index in [0.717, 1.165) is 36.4 Å². The van der Waals surface area contributed by atoms with Crippen molar-refractivity contribution >= 4 is 11.0 Å². The van der Waals surface area contributed by atoms with Crippen LogP contribution in [0.4, 0.5) is 0 Å². The zero-order valence-corrected chi connectivity index (χ0v) is 8.36. The highest BCUT2D eigenvalue weighted by atomic mass is 16.5. The third-order valence-electron chi connectivity index (χ3n) is 2.69. The number of morpholine rings is 1. The second-order valence-corrected chi connectivity index (χ2v) is 3.73. The number of fused-ring (bicyclic) bond motifs is 1. The van der Waals surface area contributed by atoms with Crippen molar-refractivity contribution in [3.63, 3.8) is 0 Å². The van der Waals surface area contributed by atoms with Gasteiger partial charge in [-0.3, -0.25) is 0 Å². The zero-order valence-electron chi connectivity index (χ0n) is 8.36. The highest BCUT2D eigenvalue weighted by Gasteiger charge is 2.17. The van der Waals surface area contributed by atoms with Gasteiger partial charge in [-0.1, -0.05) is 0 Å². The van der Waals surface area contributed by atoms with Gasteiger partial charge >= 0.3 is 0 Å². The van der Waals surface area contributed by atoms with Crippen molar-refractivity contribution in [3.8, 4) is 0 Å². The molecule has 4 nitrogen and oxygen atoms in total. The van der Waals surface area contributed by atoms with Crippen molar-refractivity contribution in [2.45, 2.75) is 6.10 Å². The molecule has 15 heavy (non-hydrogen) atoms. The van der Waals surface area contributed by atoms with Crippen LogP contribution in [0, 0.1) is 0 Å². The van der Waals surface area contributed by atoms with Crippen molar-refractivity contribution in [2.75, 3.05) is 19.7 Å². The van der Waals surface area contributed by atoms with Gasteiger partial charge in [0.2, 0.25) is 0 Å². The normalized spacial score (nSPS) is 22.0. The Morgan fingerprint density at radius 1 is 1.47 bits per heavy atom. The molecule has 2 aromatic heterocycles. The minimum absolute atomic E-state index is 0.132. The first-order valence-corrected chi connectivity index (χ1v) is 5.19. The number of pyridine rings is 1. The molecule has 2 N–H and O–H groups in total. The van der Waals surface area contributed by atoms with Crippen molar-refractivity contribution in [2.24, 2.45) is 0 Å². The molecule has 0 bridgehead atoms. The Balaban J connectivity index is 1.96. The lowest BCUT2D eigenvalue weighted by molar-refractivity contribution is 0.0255. The Labute approximate surface area is 87.7 Å². The quantitative estimate of drug-likeness (QED) is 0.732. The summed E-state index contributed by atoms with van der Waals surface area (Å²) in [6.07, 6.45) is 1.93. The molecule has 1 saturated heterocycles. The van der Waals surface area contributed by atoms with E-state index in [4.69, 9.17) is 4.74 Å². The summed E-state index contributed by atoms with van der Waals surface area (Å²) in [5, 5.41) is 4.45. The molecule has 1 atom stereocenters. The molecule has 1 fully saturated rings. The van der Waals surface area contributed by atoms with Gasteiger partial charge in [-0.15, -0.1) is 0 Å². The molecule has 0 saturated carbocycles. The van der Waals surface area contributed by atoms with Crippen LogP contribution in [0.25, 0.3) is 11.0 Å². The minimum atomic E-state index is 0.132. The lowest BCUT2D eigenvalue weighted by Gasteiger charge is -2.22. The third kappa shape index (κ3) is 1.62. The number of nitrogens with one attached hydrogen (secondary N) is 2. The Morgan fingerprint density at radius 3 is 3.27 bits per heavy atom. The van der Waals surface area contributed by atoms with Crippen LogP contribution in [-0.4, -0.2) is 29.7 Å². The van der Waals surface area contributed by atoms with E-state index >= 15 is 0 Å². The predicted molar refractivity (Wildman–Crippen MR) is 57.7 cm³/mol. The number of H-pyrrole nitrogens is 1. The van der Waals surface area contributed by atoms with Gasteiger partial charge in [0.15, 0.2) is 0 Å². The van der Waals surface area contributed by atoms with Crippen LogP contribution in [0.2, 0.25) is 0 Å². The monoisotopic (exact) mass is 203 g/mol. The van der Waals surface area contributed by atoms with Crippen LogP contribution < -0.4 is 5.32 Å².